The normalized spacial score (nSPS) is 13.5. The van der Waals surface area contributed by atoms with Gasteiger partial charge in [0, 0.05) is 21.9 Å². The van der Waals surface area contributed by atoms with Crippen LogP contribution in [-0.2, 0) is 6.42 Å². The predicted octanol–water partition coefficient (Wildman–Crippen LogP) is 9.66. The first-order valence-electron chi connectivity index (χ1n) is 12.2. The average Bonchev–Trinajstić information content (AvgIpc) is 2.80. The van der Waals surface area contributed by atoms with Crippen LogP contribution in [0, 0.1) is 0 Å². The van der Waals surface area contributed by atoms with E-state index in [0.29, 0.717) is 5.92 Å². The number of hydrogen-bond donors (Lipinski definition) is 0. The second kappa shape index (κ2) is 7.55. The Labute approximate surface area is 188 Å². The molecule has 2 aliphatic rings. The van der Waals surface area contributed by atoms with Gasteiger partial charge in [-0.25, -0.2) is 0 Å². The van der Waals surface area contributed by atoms with Gasteiger partial charge < -0.3 is 8.83 Å². The molecule has 0 fully saturated rings. The van der Waals surface area contributed by atoms with Crippen molar-refractivity contribution in [3.8, 4) is 11.1 Å². The van der Waals surface area contributed by atoms with Crippen LogP contribution in [0.4, 0.5) is 0 Å². The Balaban J connectivity index is 1.69. The molecule has 0 spiro atoms. The Morgan fingerprint density at radius 3 is 2.28 bits per heavy atom. The molecule has 2 nitrogen and oxygen atoms in total. The lowest BCUT2D eigenvalue weighted by Gasteiger charge is -2.22. The summed E-state index contributed by atoms with van der Waals surface area (Å²) in [7, 11) is 0. The van der Waals surface area contributed by atoms with Gasteiger partial charge in [-0.2, -0.15) is 0 Å². The van der Waals surface area contributed by atoms with Crippen molar-refractivity contribution >= 4 is 43.9 Å². The molecule has 0 bridgehead atoms. The maximum Gasteiger partial charge on any atom is 0.139 e. The minimum absolute atomic E-state index is 0.461. The van der Waals surface area contributed by atoms with Crippen LogP contribution < -0.4 is 0 Å². The lowest BCUT2D eigenvalue weighted by atomic mass is 9.86. The van der Waals surface area contributed by atoms with Crippen LogP contribution in [0.2, 0.25) is 0 Å². The minimum Gasteiger partial charge on any atom is -0.456 e. The predicted molar refractivity (Wildman–Crippen MR) is 135 cm³/mol. The van der Waals surface area contributed by atoms with Gasteiger partial charge in [0.15, 0.2) is 0 Å². The molecule has 2 heterocycles. The largest absolute Gasteiger partial charge is 0.456 e. The van der Waals surface area contributed by atoms with Crippen LogP contribution in [0.15, 0.2) is 57.4 Å². The van der Waals surface area contributed by atoms with Gasteiger partial charge in [0.25, 0.3) is 0 Å². The van der Waals surface area contributed by atoms with Crippen LogP contribution >= 0.6 is 0 Å². The first-order valence-corrected chi connectivity index (χ1v) is 12.2. The quantitative estimate of drug-likeness (QED) is 0.145. The summed E-state index contributed by atoms with van der Waals surface area (Å²) < 4.78 is 13.3. The van der Waals surface area contributed by atoms with Crippen LogP contribution in [0.3, 0.4) is 0 Å². The van der Waals surface area contributed by atoms with Gasteiger partial charge in [0.2, 0.25) is 0 Å². The minimum atomic E-state index is 0.461. The van der Waals surface area contributed by atoms with Crippen molar-refractivity contribution < 1.29 is 8.83 Å². The Morgan fingerprint density at radius 1 is 0.719 bits per heavy atom. The van der Waals surface area contributed by atoms with Gasteiger partial charge >= 0.3 is 0 Å². The first-order chi connectivity index (χ1) is 15.7. The highest BCUT2D eigenvalue weighted by molar-refractivity contribution is 6.23. The molecule has 2 aliphatic heterocycles. The molecule has 0 saturated carbocycles. The highest BCUT2D eigenvalue weighted by Gasteiger charge is 2.26. The monoisotopic (exact) mass is 422 g/mol. The van der Waals surface area contributed by atoms with Crippen molar-refractivity contribution in [3.05, 3.63) is 59.7 Å². The number of aryl methyl sites for hydroxylation is 1. The summed E-state index contributed by atoms with van der Waals surface area (Å²) in [6.07, 6.45) is 7.15. The molecule has 6 rings (SSSR count). The molecule has 4 aromatic rings. The Hall–Kier alpha value is -3.00. The highest BCUT2D eigenvalue weighted by Crippen LogP contribution is 2.49. The van der Waals surface area contributed by atoms with Gasteiger partial charge in [-0.3, -0.25) is 0 Å². The smallest absolute Gasteiger partial charge is 0.139 e. The van der Waals surface area contributed by atoms with E-state index in [9.17, 15) is 0 Å². The average molecular weight is 423 g/mol. The van der Waals surface area contributed by atoms with E-state index in [0.717, 1.165) is 35.2 Å². The SMILES string of the molecule is CCCCCc1cc2ccc3oc4c(C(C)CCC)ccc5ccc6oc(c1)c2c3-c6c54. The van der Waals surface area contributed by atoms with Crippen LogP contribution in [0.5, 0.6) is 0 Å². The molecular weight excluding hydrogens is 392 g/mol. The molecule has 162 valence electrons. The van der Waals surface area contributed by atoms with E-state index in [-0.39, 0.29) is 0 Å². The van der Waals surface area contributed by atoms with E-state index >= 15 is 0 Å². The first kappa shape index (κ1) is 19.7. The molecule has 2 heteroatoms. The van der Waals surface area contributed by atoms with Gasteiger partial charge in [-0.1, -0.05) is 70.4 Å². The van der Waals surface area contributed by atoms with Crippen LogP contribution in [0.25, 0.3) is 55.0 Å². The standard InChI is InChI=1S/C30H30O2/c1-4-6-7-9-19-16-21-12-15-24-28-26(21)25(17-19)31-23-14-11-20-10-13-22(18(3)8-5-2)30(32-24)27(20)29(23)28/h10-18H,4-9H2,1-3H3. The topological polar surface area (TPSA) is 26.3 Å². The maximum absolute atomic E-state index is 6.69. The molecule has 0 aromatic heterocycles. The fraction of sp³-hybridized carbons (Fsp3) is 0.333. The van der Waals surface area contributed by atoms with E-state index in [1.807, 2.05) is 0 Å². The molecular formula is C30H30O2. The van der Waals surface area contributed by atoms with Gasteiger partial charge in [-0.15, -0.1) is 0 Å². The highest BCUT2D eigenvalue weighted by atomic mass is 16.3. The molecule has 0 aliphatic carbocycles. The van der Waals surface area contributed by atoms with Crippen molar-refractivity contribution in [2.24, 2.45) is 0 Å². The van der Waals surface area contributed by atoms with Crippen molar-refractivity contribution in [1.82, 2.24) is 0 Å². The third kappa shape index (κ3) is 2.85. The molecule has 4 aromatic carbocycles. The number of rotatable bonds is 7. The fourth-order valence-corrected chi connectivity index (χ4v) is 5.64. The van der Waals surface area contributed by atoms with Crippen molar-refractivity contribution in [2.75, 3.05) is 0 Å². The summed E-state index contributed by atoms with van der Waals surface area (Å²) in [5.74, 6) is 0.461. The van der Waals surface area contributed by atoms with E-state index in [1.165, 1.54) is 69.5 Å². The zero-order chi connectivity index (χ0) is 21.8. The summed E-state index contributed by atoms with van der Waals surface area (Å²) in [6.45, 7) is 6.81. The molecule has 0 saturated heterocycles. The zero-order valence-corrected chi connectivity index (χ0v) is 19.3. The Kier molecular flexibility index (Phi) is 4.64. The Morgan fingerprint density at radius 2 is 1.47 bits per heavy atom. The maximum atomic E-state index is 6.69. The molecule has 1 unspecified atom stereocenters. The van der Waals surface area contributed by atoms with Gasteiger partial charge in [-0.05, 0) is 65.3 Å². The number of unbranched alkanes of at least 4 members (excludes halogenated alkanes) is 2. The third-order valence-corrected chi connectivity index (χ3v) is 7.24. The Bertz CT molecular complexity index is 1510. The number of benzene rings is 4. The van der Waals surface area contributed by atoms with E-state index in [1.54, 1.807) is 0 Å². The fourth-order valence-electron chi connectivity index (χ4n) is 5.64. The van der Waals surface area contributed by atoms with Crippen molar-refractivity contribution in [1.29, 1.82) is 0 Å². The van der Waals surface area contributed by atoms with E-state index < -0.39 is 0 Å². The van der Waals surface area contributed by atoms with Crippen LogP contribution in [0.1, 0.15) is 69.9 Å². The van der Waals surface area contributed by atoms with Crippen LogP contribution in [-0.4, -0.2) is 0 Å². The number of hydrogen-bond acceptors (Lipinski definition) is 2. The molecule has 0 radical (unpaired) electrons. The summed E-state index contributed by atoms with van der Waals surface area (Å²) in [4.78, 5) is 0. The van der Waals surface area contributed by atoms with E-state index in [4.69, 9.17) is 8.83 Å². The lowest BCUT2D eigenvalue weighted by molar-refractivity contribution is 0.619. The van der Waals surface area contributed by atoms with Crippen molar-refractivity contribution in [3.63, 3.8) is 0 Å². The molecule has 32 heavy (non-hydrogen) atoms. The zero-order valence-electron chi connectivity index (χ0n) is 19.3. The summed E-state index contributed by atoms with van der Waals surface area (Å²) in [6, 6.07) is 17.8. The summed E-state index contributed by atoms with van der Waals surface area (Å²) in [5.41, 5.74) is 8.98. The third-order valence-electron chi connectivity index (χ3n) is 7.24. The molecule has 0 N–H and O–H groups in total. The molecule has 0 amide bonds. The second-order valence-corrected chi connectivity index (χ2v) is 9.50. The van der Waals surface area contributed by atoms with Gasteiger partial charge in [0.1, 0.15) is 22.3 Å². The van der Waals surface area contributed by atoms with Crippen molar-refractivity contribution in [2.45, 2.75) is 65.2 Å². The van der Waals surface area contributed by atoms with Gasteiger partial charge in [0.05, 0.1) is 0 Å². The molecule has 1 atom stereocenters. The summed E-state index contributed by atoms with van der Waals surface area (Å²) in [5, 5.41) is 4.87. The summed E-state index contributed by atoms with van der Waals surface area (Å²) >= 11 is 0. The lowest BCUT2D eigenvalue weighted by Crippen LogP contribution is -1.99. The van der Waals surface area contributed by atoms with E-state index in [2.05, 4.69) is 69.3 Å². The second-order valence-electron chi connectivity index (χ2n) is 9.50.